The standard InChI is InChI=1S/C47H66N10O9.C2HF3O2/c1-8-28-29-13-10-11-14-33(29)50-39-30(28)25-57-36(39)23-32-31(43(57)61)26-66-46(65)47(32,9-2)40(55(7)22-21-54(6)20-19-53(5)18-16-48)42(60)51-34(24-37(49)58)44(62)56-17-12-15-35(56)41(59)52-38(27(3)4)45(63)64;3-2(4,5)1(6)7/h10-11,13-14,23,27,34-35,38,40H,8-9,12,15-22,24-26,48H2,1-7H3,(H2,49,58)(H,51,60)(H,52,59)(H,63,64);(H,6,7)/t34-,35-,38-,40?,47-;/m0./s1. The molecule has 0 radical (unpaired) electrons. The lowest BCUT2D eigenvalue weighted by Gasteiger charge is -2.45. The third kappa shape index (κ3) is 12.5. The van der Waals surface area contributed by atoms with Crippen LogP contribution >= 0.6 is 0 Å². The van der Waals surface area contributed by atoms with Crippen molar-refractivity contribution >= 4 is 52.4 Å². The van der Waals surface area contributed by atoms with Crippen LogP contribution in [0.3, 0.4) is 0 Å². The maximum absolute atomic E-state index is 15.3. The molecule has 3 aliphatic heterocycles. The largest absolute Gasteiger partial charge is 0.490 e. The molecule has 21 nitrogen and oxygen atoms in total. The van der Waals surface area contributed by atoms with Crippen LogP contribution in [-0.4, -0.2) is 178 Å². The minimum atomic E-state index is -5.08. The number of nitrogens with one attached hydrogen (secondary N) is 2. The van der Waals surface area contributed by atoms with E-state index in [9.17, 15) is 47.0 Å². The van der Waals surface area contributed by atoms with Crippen molar-refractivity contribution in [1.82, 2.24) is 39.8 Å². The fourth-order valence-corrected chi connectivity index (χ4v) is 9.97. The van der Waals surface area contributed by atoms with Crippen molar-refractivity contribution in [2.45, 2.75) is 109 Å². The predicted molar refractivity (Wildman–Crippen MR) is 261 cm³/mol. The molecule has 6 rings (SSSR count). The summed E-state index contributed by atoms with van der Waals surface area (Å²) in [5, 5.41) is 23.2. The number of carbonyl (C=O) groups excluding carboxylic acids is 5. The van der Waals surface area contributed by atoms with Gasteiger partial charge in [-0.1, -0.05) is 45.9 Å². The fourth-order valence-electron chi connectivity index (χ4n) is 9.97. The maximum atomic E-state index is 15.3. The summed E-state index contributed by atoms with van der Waals surface area (Å²) >= 11 is 0. The Morgan fingerprint density at radius 2 is 1.59 bits per heavy atom. The van der Waals surface area contributed by atoms with Crippen LogP contribution in [0, 0.1) is 5.92 Å². The van der Waals surface area contributed by atoms with Crippen LogP contribution in [0.4, 0.5) is 13.2 Å². The number of esters is 1. The van der Waals surface area contributed by atoms with Crippen LogP contribution < -0.4 is 27.7 Å². The van der Waals surface area contributed by atoms with Gasteiger partial charge in [-0.25, -0.2) is 14.6 Å². The van der Waals surface area contributed by atoms with E-state index in [-0.39, 0.29) is 50.2 Å². The quantitative estimate of drug-likeness (QED) is 0.0636. The van der Waals surface area contributed by atoms with Crippen LogP contribution in [-0.2, 0) is 63.3 Å². The Morgan fingerprint density at radius 1 is 0.959 bits per heavy atom. The molecule has 3 aliphatic rings. The van der Waals surface area contributed by atoms with Crippen LogP contribution in [0.5, 0.6) is 0 Å². The number of amides is 4. The number of carbonyl (C=O) groups is 7. The van der Waals surface area contributed by atoms with Gasteiger partial charge < -0.3 is 56.3 Å². The van der Waals surface area contributed by atoms with E-state index in [1.165, 1.54) is 4.90 Å². The van der Waals surface area contributed by atoms with E-state index >= 15 is 4.79 Å². The highest BCUT2D eigenvalue weighted by Crippen LogP contribution is 2.44. The molecule has 5 heterocycles. The Hall–Kier alpha value is -6.50. The van der Waals surface area contributed by atoms with Crippen LogP contribution in [0.25, 0.3) is 22.3 Å². The average molecular weight is 1030 g/mol. The summed E-state index contributed by atoms with van der Waals surface area (Å²) in [4.78, 5) is 119. The number of hydrogen-bond donors (Lipinski definition) is 6. The number of primary amides is 1. The van der Waals surface area contributed by atoms with E-state index in [2.05, 4.69) is 27.4 Å². The molecule has 2 aromatic heterocycles. The zero-order valence-corrected chi connectivity index (χ0v) is 42.2. The Labute approximate surface area is 420 Å². The molecule has 1 fully saturated rings. The topological polar surface area (TPSA) is 293 Å². The first-order valence-corrected chi connectivity index (χ1v) is 24.2. The number of carboxylic acids is 2. The molecule has 0 aliphatic carbocycles. The van der Waals surface area contributed by atoms with Crippen molar-refractivity contribution in [3.8, 4) is 11.4 Å². The minimum Gasteiger partial charge on any atom is -0.480 e. The molecule has 3 aromatic rings. The number of aromatic nitrogens is 2. The second kappa shape index (κ2) is 24.0. The molecule has 0 bridgehead atoms. The molecule has 4 amide bonds. The summed E-state index contributed by atoms with van der Waals surface area (Å²) in [6.07, 6.45) is -4.43. The van der Waals surface area contributed by atoms with Gasteiger partial charge in [-0.05, 0) is 76.0 Å². The predicted octanol–water partition coefficient (Wildman–Crippen LogP) is 1.02. The first-order valence-electron chi connectivity index (χ1n) is 24.2. The number of carboxylic acid groups (broad SMARTS) is 2. The van der Waals surface area contributed by atoms with Gasteiger partial charge in [-0.3, -0.25) is 33.7 Å². The van der Waals surface area contributed by atoms with E-state index in [4.69, 9.17) is 31.1 Å². The number of fused-ring (bicyclic) bond motifs is 5. The number of nitrogens with two attached hydrogens (primary N) is 2. The van der Waals surface area contributed by atoms with Gasteiger partial charge in [-0.2, -0.15) is 13.2 Å². The minimum absolute atomic E-state index is 0.00844. The second-order valence-corrected chi connectivity index (χ2v) is 19.1. The molecule has 400 valence electrons. The first-order chi connectivity index (χ1) is 34.3. The Balaban J connectivity index is 0.00000131. The number of benzene rings is 1. The number of likely N-dealkylation sites (N-methyl/N-ethyl adjacent to an activating group) is 3. The Kier molecular flexibility index (Phi) is 18.9. The molecule has 5 atom stereocenters. The van der Waals surface area contributed by atoms with Gasteiger partial charge in [-0.15, -0.1) is 0 Å². The molecule has 0 spiro atoms. The molecule has 1 saturated heterocycles. The van der Waals surface area contributed by atoms with Gasteiger partial charge in [0, 0.05) is 56.8 Å². The molecule has 0 saturated carbocycles. The number of ether oxygens (including phenoxy) is 1. The molecular formula is C49H67F3N10O11. The number of alkyl halides is 3. The highest BCUT2D eigenvalue weighted by atomic mass is 19.4. The van der Waals surface area contributed by atoms with Crippen molar-refractivity contribution in [1.29, 1.82) is 0 Å². The monoisotopic (exact) mass is 1030 g/mol. The maximum Gasteiger partial charge on any atom is 0.490 e. The lowest BCUT2D eigenvalue weighted by Crippen LogP contribution is -2.65. The number of likely N-dealkylation sites (tertiary alicyclic amines) is 1. The van der Waals surface area contributed by atoms with Crippen molar-refractivity contribution in [3.05, 3.63) is 62.9 Å². The number of hydrogen-bond acceptors (Lipinski definition) is 14. The fraction of sp³-hybridized carbons (Fsp3) is 0.571. The Morgan fingerprint density at radius 3 is 2.16 bits per heavy atom. The summed E-state index contributed by atoms with van der Waals surface area (Å²) < 4.78 is 39.3. The summed E-state index contributed by atoms with van der Waals surface area (Å²) in [5.74, 6) is -8.34. The summed E-state index contributed by atoms with van der Waals surface area (Å²) in [6, 6.07) is 4.30. The van der Waals surface area contributed by atoms with Crippen molar-refractivity contribution in [2.75, 3.05) is 67.0 Å². The number of halogens is 3. The summed E-state index contributed by atoms with van der Waals surface area (Å²) in [5.41, 5.74) is 13.7. The van der Waals surface area contributed by atoms with Crippen molar-refractivity contribution in [2.24, 2.45) is 17.4 Å². The van der Waals surface area contributed by atoms with Gasteiger partial charge in [0.05, 0.1) is 35.4 Å². The first kappa shape index (κ1) is 57.4. The van der Waals surface area contributed by atoms with E-state index < -0.39 is 89.6 Å². The SMILES string of the molecule is CCc1c2c(nc3ccccc13)-c1cc3c(c(=O)n1C2)COC(=O)[C@]3(CC)C(C(=O)N[C@@H](CC(N)=O)C(=O)N1CCC[C@H]1C(=O)N[C@H](C(=O)O)C(C)C)N(C)CCN(C)CCN(C)CCN.O=C(O)C(F)(F)F. The number of aryl methyl sites for hydroxylation is 1. The normalized spacial score (nSPS) is 18.4. The van der Waals surface area contributed by atoms with Gasteiger partial charge in [0.25, 0.3) is 5.56 Å². The smallest absolute Gasteiger partial charge is 0.480 e. The third-order valence-corrected chi connectivity index (χ3v) is 13.9. The zero-order chi connectivity index (χ0) is 54.3. The van der Waals surface area contributed by atoms with E-state index in [0.29, 0.717) is 56.0 Å². The van der Waals surface area contributed by atoms with Gasteiger partial charge in [0.15, 0.2) is 0 Å². The van der Waals surface area contributed by atoms with Gasteiger partial charge in [0.2, 0.25) is 23.6 Å². The lowest BCUT2D eigenvalue weighted by atomic mass is 9.68. The average Bonchev–Trinajstić information content (AvgIpc) is 3.97. The van der Waals surface area contributed by atoms with Gasteiger partial charge >= 0.3 is 24.1 Å². The molecule has 24 heteroatoms. The van der Waals surface area contributed by atoms with E-state index in [1.807, 2.05) is 38.4 Å². The number of pyridine rings is 2. The van der Waals surface area contributed by atoms with E-state index in [0.717, 1.165) is 28.6 Å². The number of aliphatic carboxylic acids is 2. The highest BCUT2D eigenvalue weighted by Gasteiger charge is 2.57. The summed E-state index contributed by atoms with van der Waals surface area (Å²) in [6.45, 7) is 10.4. The Bertz CT molecular complexity index is 2650. The number of para-hydroxylation sites is 1. The third-order valence-electron chi connectivity index (χ3n) is 13.9. The van der Waals surface area contributed by atoms with Crippen molar-refractivity contribution in [3.63, 3.8) is 0 Å². The van der Waals surface area contributed by atoms with Crippen LogP contribution in [0.2, 0.25) is 0 Å². The van der Waals surface area contributed by atoms with Crippen molar-refractivity contribution < 1.29 is 61.7 Å². The molecule has 1 aromatic carbocycles. The van der Waals surface area contributed by atoms with Crippen LogP contribution in [0.15, 0.2) is 35.1 Å². The van der Waals surface area contributed by atoms with Crippen LogP contribution in [0.1, 0.15) is 75.6 Å². The highest BCUT2D eigenvalue weighted by molar-refractivity contribution is 6.00. The number of nitrogens with zero attached hydrogens (tertiary/aromatic N) is 6. The molecule has 1 unspecified atom stereocenters. The lowest BCUT2D eigenvalue weighted by molar-refractivity contribution is -0.192. The molecule has 8 N–H and O–H groups in total. The molecule has 73 heavy (non-hydrogen) atoms. The number of cyclic esters (lactones) is 1. The summed E-state index contributed by atoms with van der Waals surface area (Å²) in [7, 11) is 5.60. The second-order valence-electron chi connectivity index (χ2n) is 19.1. The van der Waals surface area contributed by atoms with Gasteiger partial charge in [0.1, 0.15) is 36.2 Å². The zero-order valence-electron chi connectivity index (χ0n) is 42.2. The number of rotatable bonds is 21. The van der Waals surface area contributed by atoms with E-state index in [1.54, 1.807) is 43.4 Å². The molecular weight excluding hydrogens is 962 g/mol.